The van der Waals surface area contributed by atoms with Crippen LogP contribution in [0.2, 0.25) is 5.02 Å². The summed E-state index contributed by atoms with van der Waals surface area (Å²) in [6.45, 7) is -0.938. The molecule has 3 rings (SSSR count). The average molecular weight is 504 g/mol. The Bertz CT molecular complexity index is 1170. The molecule has 0 saturated heterocycles. The monoisotopic (exact) mass is 503 g/mol. The summed E-state index contributed by atoms with van der Waals surface area (Å²) in [6, 6.07) is 4.62. The van der Waals surface area contributed by atoms with Gasteiger partial charge in [-0.15, -0.1) is 0 Å². The maximum absolute atomic E-state index is 14.8. The number of rotatable bonds is 9. The SMILES string of the molecule is COc1cc2c(Nc3ccc(F)c(Cl)c3F)ncnc2cc1C(O)[C@@H](F)[C@H](O)[C@@H](O)[C@H](O)CO. The molecule has 184 valence electrons. The third-order valence-electron chi connectivity index (χ3n) is 5.15. The van der Waals surface area contributed by atoms with E-state index in [0.29, 0.717) is 0 Å². The van der Waals surface area contributed by atoms with E-state index in [9.17, 15) is 33.6 Å². The van der Waals surface area contributed by atoms with E-state index >= 15 is 0 Å². The number of halogens is 4. The third-order valence-corrected chi connectivity index (χ3v) is 5.50. The van der Waals surface area contributed by atoms with Crippen LogP contribution in [0.25, 0.3) is 10.9 Å². The van der Waals surface area contributed by atoms with E-state index in [4.69, 9.17) is 21.4 Å². The molecule has 0 aliphatic heterocycles. The quantitative estimate of drug-likeness (QED) is 0.240. The van der Waals surface area contributed by atoms with Crippen molar-refractivity contribution in [2.45, 2.75) is 30.6 Å². The zero-order valence-electron chi connectivity index (χ0n) is 17.5. The predicted molar refractivity (Wildman–Crippen MR) is 116 cm³/mol. The minimum absolute atomic E-state index is 0.0595. The zero-order chi connectivity index (χ0) is 25.2. The minimum atomic E-state index is -2.49. The van der Waals surface area contributed by atoms with Gasteiger partial charge in [-0.1, -0.05) is 11.6 Å². The second-order valence-corrected chi connectivity index (χ2v) is 7.68. The van der Waals surface area contributed by atoms with E-state index in [1.54, 1.807) is 0 Å². The van der Waals surface area contributed by atoms with E-state index < -0.39 is 53.9 Å². The van der Waals surface area contributed by atoms with Gasteiger partial charge in [-0.25, -0.2) is 23.1 Å². The first-order valence-electron chi connectivity index (χ1n) is 9.81. The number of ether oxygens (including phenoxy) is 1. The lowest BCUT2D eigenvalue weighted by Gasteiger charge is -2.27. The third kappa shape index (κ3) is 5.02. The summed E-state index contributed by atoms with van der Waals surface area (Å²) in [6.07, 6.45) is -9.57. The highest BCUT2D eigenvalue weighted by Crippen LogP contribution is 2.36. The van der Waals surface area contributed by atoms with Gasteiger partial charge in [0.1, 0.15) is 53.2 Å². The van der Waals surface area contributed by atoms with Crippen LogP contribution in [0.15, 0.2) is 30.6 Å². The predicted octanol–water partition coefficient (Wildman–Crippen LogP) is 1.76. The molecule has 9 nitrogen and oxygen atoms in total. The maximum atomic E-state index is 14.8. The Morgan fingerprint density at radius 3 is 2.44 bits per heavy atom. The lowest BCUT2D eigenvalue weighted by molar-refractivity contribution is -0.119. The smallest absolute Gasteiger partial charge is 0.168 e. The van der Waals surface area contributed by atoms with Crippen LogP contribution in [0.5, 0.6) is 5.75 Å². The first-order valence-corrected chi connectivity index (χ1v) is 10.2. The summed E-state index contributed by atoms with van der Waals surface area (Å²) < 4.78 is 47.8. The molecule has 0 spiro atoms. The highest BCUT2D eigenvalue weighted by atomic mass is 35.5. The topological polar surface area (TPSA) is 148 Å². The Hall–Kier alpha value is -2.74. The zero-order valence-corrected chi connectivity index (χ0v) is 18.3. The van der Waals surface area contributed by atoms with Gasteiger partial charge in [0.15, 0.2) is 12.0 Å². The molecular formula is C21H21ClF3N3O6. The molecule has 3 aromatic rings. The molecule has 0 amide bonds. The maximum Gasteiger partial charge on any atom is 0.168 e. The molecule has 0 aliphatic carbocycles. The fourth-order valence-corrected chi connectivity index (χ4v) is 3.40. The number of aliphatic hydroxyl groups is 5. The number of alkyl halides is 1. The van der Waals surface area contributed by atoms with Gasteiger partial charge in [0, 0.05) is 10.9 Å². The van der Waals surface area contributed by atoms with E-state index in [1.165, 1.54) is 19.2 Å². The molecule has 34 heavy (non-hydrogen) atoms. The van der Waals surface area contributed by atoms with Gasteiger partial charge in [0.05, 0.1) is 24.9 Å². The molecule has 13 heteroatoms. The number of hydrogen-bond donors (Lipinski definition) is 6. The van der Waals surface area contributed by atoms with Gasteiger partial charge in [-0.05, 0) is 24.3 Å². The molecule has 0 saturated carbocycles. The molecule has 1 unspecified atom stereocenters. The fraction of sp³-hybridized carbons (Fsp3) is 0.333. The molecule has 6 N–H and O–H groups in total. The first kappa shape index (κ1) is 25.9. The van der Waals surface area contributed by atoms with Crippen LogP contribution in [0, 0.1) is 11.6 Å². The molecule has 1 aromatic heterocycles. The number of methoxy groups -OCH3 is 1. The largest absolute Gasteiger partial charge is 0.496 e. The van der Waals surface area contributed by atoms with Gasteiger partial charge in [0.25, 0.3) is 0 Å². The Morgan fingerprint density at radius 1 is 1.09 bits per heavy atom. The molecule has 2 aromatic carbocycles. The van der Waals surface area contributed by atoms with E-state index in [0.717, 1.165) is 18.5 Å². The van der Waals surface area contributed by atoms with Crippen molar-refractivity contribution in [3.8, 4) is 5.75 Å². The van der Waals surface area contributed by atoms with Crippen molar-refractivity contribution in [1.29, 1.82) is 0 Å². The van der Waals surface area contributed by atoms with Crippen molar-refractivity contribution in [3.05, 3.63) is 52.8 Å². The second-order valence-electron chi connectivity index (χ2n) is 7.30. The Labute approximate surface area is 196 Å². The van der Waals surface area contributed by atoms with Crippen molar-refractivity contribution in [3.63, 3.8) is 0 Å². The highest BCUT2D eigenvalue weighted by molar-refractivity contribution is 6.31. The lowest BCUT2D eigenvalue weighted by atomic mass is 9.95. The summed E-state index contributed by atoms with van der Waals surface area (Å²) in [5, 5.41) is 50.7. The fourth-order valence-electron chi connectivity index (χ4n) is 3.24. The van der Waals surface area contributed by atoms with Crippen molar-refractivity contribution in [1.82, 2.24) is 9.97 Å². The summed E-state index contributed by atoms with van der Waals surface area (Å²) in [4.78, 5) is 8.05. The minimum Gasteiger partial charge on any atom is -0.496 e. The summed E-state index contributed by atoms with van der Waals surface area (Å²) in [5.41, 5.74) is -0.190. The van der Waals surface area contributed by atoms with Crippen molar-refractivity contribution in [2.75, 3.05) is 19.0 Å². The molecule has 0 aliphatic rings. The number of nitrogens with one attached hydrogen (secondary N) is 1. The summed E-state index contributed by atoms with van der Waals surface area (Å²) >= 11 is 5.60. The van der Waals surface area contributed by atoms with Crippen molar-refractivity contribution < 1.29 is 43.4 Å². The highest BCUT2D eigenvalue weighted by Gasteiger charge is 2.37. The summed E-state index contributed by atoms with van der Waals surface area (Å²) in [7, 11) is 1.22. The molecule has 0 bridgehead atoms. The van der Waals surface area contributed by atoms with Gasteiger partial charge in [-0.2, -0.15) is 0 Å². The number of nitrogens with zero attached hydrogens (tertiary/aromatic N) is 2. The van der Waals surface area contributed by atoms with Crippen molar-refractivity contribution >= 4 is 34.0 Å². The van der Waals surface area contributed by atoms with Crippen LogP contribution in [-0.4, -0.2) is 73.7 Å². The summed E-state index contributed by atoms with van der Waals surface area (Å²) in [5.74, 6) is -2.01. The van der Waals surface area contributed by atoms with E-state index in [1.807, 2.05) is 0 Å². The van der Waals surface area contributed by atoms with Crippen LogP contribution in [0.1, 0.15) is 11.7 Å². The van der Waals surface area contributed by atoms with Crippen molar-refractivity contribution in [2.24, 2.45) is 0 Å². The van der Waals surface area contributed by atoms with Crippen LogP contribution < -0.4 is 10.1 Å². The van der Waals surface area contributed by atoms with Crippen LogP contribution in [0.4, 0.5) is 24.7 Å². The van der Waals surface area contributed by atoms with Crippen LogP contribution >= 0.6 is 11.6 Å². The first-order chi connectivity index (χ1) is 16.1. The van der Waals surface area contributed by atoms with E-state index in [2.05, 4.69) is 15.3 Å². The number of fused-ring (bicyclic) bond motifs is 1. The number of anilines is 2. The normalized spacial score (nSPS) is 16.1. The number of aromatic nitrogens is 2. The molecule has 0 fully saturated rings. The standard InChI is InChI=1S/C21H21ClF3N3O6/c1-34-14-5-8-12(4-9(14)18(31)17(25)20(33)19(32)13(30)6-29)26-7-27-21(8)28-11-3-2-10(23)15(22)16(11)24/h2-5,7,13,17-20,29-33H,6H2,1H3,(H,26,27,28)/t13-,17-,18?,19+,20+/m1/s1. The van der Waals surface area contributed by atoms with E-state index in [-0.39, 0.29) is 33.7 Å². The van der Waals surface area contributed by atoms with Gasteiger partial charge in [-0.3, -0.25) is 0 Å². The number of benzene rings is 2. The van der Waals surface area contributed by atoms with Gasteiger partial charge < -0.3 is 35.6 Å². The van der Waals surface area contributed by atoms with Crippen LogP contribution in [0.3, 0.4) is 0 Å². The molecule has 5 atom stereocenters. The molecule has 1 heterocycles. The van der Waals surface area contributed by atoms with Gasteiger partial charge >= 0.3 is 0 Å². The Morgan fingerprint density at radius 2 is 1.79 bits per heavy atom. The lowest BCUT2D eigenvalue weighted by Crippen LogP contribution is -2.46. The van der Waals surface area contributed by atoms with Gasteiger partial charge in [0.2, 0.25) is 0 Å². The molecule has 0 radical (unpaired) electrons. The number of hydrogen-bond acceptors (Lipinski definition) is 9. The number of aliphatic hydroxyl groups excluding tert-OH is 5. The van der Waals surface area contributed by atoms with Crippen LogP contribution in [-0.2, 0) is 0 Å². The Kier molecular flexibility index (Phi) is 8.13. The molecular weight excluding hydrogens is 483 g/mol. The average Bonchev–Trinajstić information content (AvgIpc) is 2.85. The second kappa shape index (κ2) is 10.7. The Balaban J connectivity index is 2.00.